The van der Waals surface area contributed by atoms with Gasteiger partial charge >= 0.3 is 5.63 Å². The molecule has 0 bridgehead atoms. The first kappa shape index (κ1) is 16.7. The first-order valence-corrected chi connectivity index (χ1v) is 7.71. The van der Waals surface area contributed by atoms with Crippen molar-refractivity contribution in [3.8, 4) is 5.75 Å². The van der Waals surface area contributed by atoms with Crippen molar-refractivity contribution in [3.63, 3.8) is 0 Å². The number of methoxy groups -OCH3 is 1. The summed E-state index contributed by atoms with van der Waals surface area (Å²) in [6.07, 6.45) is 0.483. The van der Waals surface area contributed by atoms with Crippen molar-refractivity contribution in [2.45, 2.75) is 6.42 Å². The fourth-order valence-electron chi connectivity index (χ4n) is 2.57. The molecule has 1 amide bonds. The van der Waals surface area contributed by atoms with Crippen molar-refractivity contribution in [2.24, 2.45) is 0 Å². The fourth-order valence-corrected chi connectivity index (χ4v) is 2.57. The molecule has 25 heavy (non-hydrogen) atoms. The number of carbonyl (C=O) groups is 1. The normalized spacial score (nSPS) is 10.6. The lowest BCUT2D eigenvalue weighted by Crippen LogP contribution is -2.26. The third-order valence-electron chi connectivity index (χ3n) is 3.78. The molecule has 0 aliphatic rings. The second-order valence-electron chi connectivity index (χ2n) is 5.48. The second kappa shape index (κ2) is 7.17. The summed E-state index contributed by atoms with van der Waals surface area (Å²) in [4.78, 5) is 24.1. The summed E-state index contributed by atoms with van der Waals surface area (Å²) in [5, 5.41) is 3.26. The average molecular weight is 341 g/mol. The summed E-state index contributed by atoms with van der Waals surface area (Å²) in [5.74, 6) is -0.178. The maximum atomic E-state index is 13.2. The summed E-state index contributed by atoms with van der Waals surface area (Å²) >= 11 is 0. The van der Waals surface area contributed by atoms with Gasteiger partial charge in [0.2, 0.25) is 0 Å². The summed E-state index contributed by atoms with van der Waals surface area (Å²) < 4.78 is 23.4. The van der Waals surface area contributed by atoms with Gasteiger partial charge in [-0.05, 0) is 36.2 Å². The molecule has 3 aromatic rings. The molecular weight excluding hydrogens is 325 g/mol. The van der Waals surface area contributed by atoms with E-state index in [0.29, 0.717) is 24.1 Å². The van der Waals surface area contributed by atoms with Gasteiger partial charge in [0.15, 0.2) is 0 Å². The molecule has 0 aliphatic carbocycles. The van der Waals surface area contributed by atoms with Gasteiger partial charge in [0, 0.05) is 24.1 Å². The van der Waals surface area contributed by atoms with Gasteiger partial charge in [-0.1, -0.05) is 12.1 Å². The molecule has 0 radical (unpaired) electrons. The zero-order chi connectivity index (χ0) is 17.8. The number of ether oxygens (including phenoxy) is 1. The number of carbonyl (C=O) groups excluding carboxylic acids is 1. The predicted octanol–water partition coefficient (Wildman–Crippen LogP) is 2.91. The van der Waals surface area contributed by atoms with Gasteiger partial charge in [-0.15, -0.1) is 0 Å². The van der Waals surface area contributed by atoms with Crippen molar-refractivity contribution in [2.75, 3.05) is 13.7 Å². The topological polar surface area (TPSA) is 68.5 Å². The Labute approximate surface area is 143 Å². The van der Waals surface area contributed by atoms with E-state index in [9.17, 15) is 14.0 Å². The van der Waals surface area contributed by atoms with E-state index >= 15 is 0 Å². The van der Waals surface area contributed by atoms with Crippen LogP contribution < -0.4 is 15.7 Å². The molecule has 128 valence electrons. The molecule has 0 unspecified atom stereocenters. The van der Waals surface area contributed by atoms with Crippen LogP contribution in [0.25, 0.3) is 11.0 Å². The molecule has 1 aromatic heterocycles. The van der Waals surface area contributed by atoms with Crippen molar-refractivity contribution < 1.29 is 18.3 Å². The van der Waals surface area contributed by atoms with Crippen LogP contribution in [0.15, 0.2) is 57.7 Å². The largest absolute Gasteiger partial charge is 0.497 e. The van der Waals surface area contributed by atoms with Gasteiger partial charge in [0.1, 0.15) is 17.1 Å². The van der Waals surface area contributed by atoms with Crippen LogP contribution in [0.2, 0.25) is 0 Å². The SMILES string of the molecule is COc1ccc2c(C(=O)NCCc3cccc(F)c3)cc(=O)oc2c1. The minimum Gasteiger partial charge on any atom is -0.497 e. The summed E-state index contributed by atoms with van der Waals surface area (Å²) in [5.41, 5.74) is 0.675. The number of nitrogens with one attached hydrogen (secondary N) is 1. The molecule has 0 fully saturated rings. The zero-order valence-corrected chi connectivity index (χ0v) is 13.5. The molecular formula is C19H16FNO4. The van der Waals surface area contributed by atoms with Crippen LogP contribution in [-0.2, 0) is 6.42 Å². The van der Waals surface area contributed by atoms with Gasteiger partial charge in [-0.3, -0.25) is 4.79 Å². The van der Waals surface area contributed by atoms with Gasteiger partial charge in [-0.25, -0.2) is 9.18 Å². The van der Waals surface area contributed by atoms with Crippen molar-refractivity contribution in [3.05, 3.63) is 75.9 Å². The molecule has 0 spiro atoms. The number of amides is 1. The van der Waals surface area contributed by atoms with Gasteiger partial charge < -0.3 is 14.5 Å². The van der Waals surface area contributed by atoms with Crippen molar-refractivity contribution in [1.82, 2.24) is 5.32 Å². The zero-order valence-electron chi connectivity index (χ0n) is 13.5. The third-order valence-corrected chi connectivity index (χ3v) is 3.78. The van der Waals surface area contributed by atoms with Crippen molar-refractivity contribution >= 4 is 16.9 Å². The van der Waals surface area contributed by atoms with Crippen LogP contribution in [0.3, 0.4) is 0 Å². The standard InChI is InChI=1S/C19H16FNO4/c1-24-14-5-6-15-16(11-18(22)25-17(15)10-14)19(23)21-8-7-12-3-2-4-13(20)9-12/h2-6,9-11H,7-8H2,1H3,(H,21,23). The summed E-state index contributed by atoms with van der Waals surface area (Å²) in [6.45, 7) is 0.320. The molecule has 0 saturated heterocycles. The van der Waals surface area contributed by atoms with E-state index in [0.717, 1.165) is 11.6 Å². The average Bonchev–Trinajstić information content (AvgIpc) is 2.60. The highest BCUT2D eigenvalue weighted by Crippen LogP contribution is 2.22. The second-order valence-corrected chi connectivity index (χ2v) is 5.48. The van der Waals surface area contributed by atoms with Gasteiger partial charge in [-0.2, -0.15) is 0 Å². The molecule has 2 aromatic carbocycles. The molecule has 0 aliphatic heterocycles. The quantitative estimate of drug-likeness (QED) is 0.725. The van der Waals surface area contributed by atoms with E-state index in [1.807, 2.05) is 0 Å². The third kappa shape index (κ3) is 3.85. The van der Waals surface area contributed by atoms with Crippen LogP contribution in [0.5, 0.6) is 5.75 Å². The van der Waals surface area contributed by atoms with Crippen LogP contribution in [0, 0.1) is 5.82 Å². The molecule has 0 atom stereocenters. The van der Waals surface area contributed by atoms with E-state index in [2.05, 4.69) is 5.32 Å². The lowest BCUT2D eigenvalue weighted by molar-refractivity contribution is 0.0955. The fraction of sp³-hybridized carbons (Fsp3) is 0.158. The Morgan fingerprint density at radius 2 is 2.04 bits per heavy atom. The first-order valence-electron chi connectivity index (χ1n) is 7.71. The van der Waals surface area contributed by atoms with Gasteiger partial charge in [0.05, 0.1) is 12.7 Å². The minimum absolute atomic E-state index is 0.230. The molecule has 0 saturated carbocycles. The van der Waals surface area contributed by atoms with Crippen LogP contribution in [0.1, 0.15) is 15.9 Å². The Hall–Kier alpha value is -3.15. The van der Waals surface area contributed by atoms with Gasteiger partial charge in [0.25, 0.3) is 5.91 Å². The molecule has 6 heteroatoms. The number of benzene rings is 2. The number of rotatable bonds is 5. The van der Waals surface area contributed by atoms with E-state index in [1.54, 1.807) is 30.3 Å². The van der Waals surface area contributed by atoms with E-state index < -0.39 is 5.63 Å². The van der Waals surface area contributed by atoms with Crippen LogP contribution in [-0.4, -0.2) is 19.6 Å². The monoisotopic (exact) mass is 341 g/mol. The highest BCUT2D eigenvalue weighted by atomic mass is 19.1. The Kier molecular flexibility index (Phi) is 4.79. The smallest absolute Gasteiger partial charge is 0.337 e. The Bertz CT molecular complexity index is 981. The lowest BCUT2D eigenvalue weighted by Gasteiger charge is -2.08. The minimum atomic E-state index is -0.615. The number of fused-ring (bicyclic) bond motifs is 1. The summed E-state index contributed by atoms with van der Waals surface area (Å²) in [6, 6.07) is 12.3. The number of halogens is 1. The van der Waals surface area contributed by atoms with E-state index in [1.165, 1.54) is 19.2 Å². The highest BCUT2D eigenvalue weighted by molar-refractivity contribution is 6.05. The van der Waals surface area contributed by atoms with E-state index in [4.69, 9.17) is 9.15 Å². The highest BCUT2D eigenvalue weighted by Gasteiger charge is 2.13. The van der Waals surface area contributed by atoms with Crippen LogP contribution in [0.4, 0.5) is 4.39 Å². The maximum absolute atomic E-state index is 13.2. The Morgan fingerprint density at radius 1 is 1.20 bits per heavy atom. The maximum Gasteiger partial charge on any atom is 0.337 e. The van der Waals surface area contributed by atoms with Crippen LogP contribution >= 0.6 is 0 Å². The van der Waals surface area contributed by atoms with E-state index in [-0.39, 0.29) is 22.9 Å². The number of hydrogen-bond donors (Lipinski definition) is 1. The first-order chi connectivity index (χ1) is 12.1. The Balaban J connectivity index is 1.78. The lowest BCUT2D eigenvalue weighted by atomic mass is 10.1. The predicted molar refractivity (Wildman–Crippen MR) is 91.5 cm³/mol. The molecule has 5 nitrogen and oxygen atoms in total. The molecule has 1 heterocycles. The van der Waals surface area contributed by atoms with Crippen molar-refractivity contribution in [1.29, 1.82) is 0 Å². The number of hydrogen-bond acceptors (Lipinski definition) is 4. The Morgan fingerprint density at radius 3 is 2.80 bits per heavy atom. The summed E-state index contributed by atoms with van der Waals surface area (Å²) in [7, 11) is 1.50. The molecule has 1 N–H and O–H groups in total. The molecule has 3 rings (SSSR count).